The Balaban J connectivity index is 1.29. The Hall–Kier alpha value is -3.30. The van der Waals surface area contributed by atoms with Crippen molar-refractivity contribution in [1.82, 2.24) is 14.3 Å². The summed E-state index contributed by atoms with van der Waals surface area (Å²) in [6, 6.07) is 11.7. The molecule has 0 atom stereocenters. The van der Waals surface area contributed by atoms with Crippen LogP contribution >= 0.6 is 0 Å². The highest BCUT2D eigenvalue weighted by molar-refractivity contribution is 7.89. The topological polar surface area (TPSA) is 110 Å². The molecule has 33 heavy (non-hydrogen) atoms. The molecule has 0 bridgehead atoms. The molecule has 0 unspecified atom stereocenters. The van der Waals surface area contributed by atoms with Crippen LogP contribution in [0.15, 0.2) is 59.8 Å². The minimum atomic E-state index is -3.68. The molecule has 0 radical (unpaired) electrons. The van der Waals surface area contributed by atoms with Gasteiger partial charge in [0.25, 0.3) is 0 Å². The standard InChI is InChI=1S/C24H26N4O4S/c1-28-15-14-25-24(28)23(30)18-6-9-20(10-7-18)27-22(29)12-13-26-33(31,32)21-11-8-17-4-2-3-5-19(17)16-21/h6-11,14-16,26H,2-5,12-13H2,1H3,(H,27,29). The molecule has 1 heterocycles. The molecule has 1 aliphatic rings. The van der Waals surface area contributed by atoms with Gasteiger partial charge in [0.2, 0.25) is 21.7 Å². The van der Waals surface area contributed by atoms with Crippen molar-refractivity contribution in [2.24, 2.45) is 7.05 Å². The van der Waals surface area contributed by atoms with Crippen molar-refractivity contribution in [2.75, 3.05) is 11.9 Å². The first-order chi connectivity index (χ1) is 15.8. The highest BCUT2D eigenvalue weighted by atomic mass is 32.2. The van der Waals surface area contributed by atoms with Crippen LogP contribution in [0.5, 0.6) is 0 Å². The first-order valence-electron chi connectivity index (χ1n) is 10.9. The van der Waals surface area contributed by atoms with E-state index in [0.717, 1.165) is 31.2 Å². The molecule has 0 spiro atoms. The number of aryl methyl sites for hydroxylation is 3. The van der Waals surface area contributed by atoms with E-state index in [1.165, 1.54) is 5.56 Å². The largest absolute Gasteiger partial charge is 0.331 e. The van der Waals surface area contributed by atoms with E-state index in [1.807, 2.05) is 6.07 Å². The van der Waals surface area contributed by atoms with Gasteiger partial charge < -0.3 is 9.88 Å². The SMILES string of the molecule is Cn1ccnc1C(=O)c1ccc(NC(=O)CCNS(=O)(=O)c2ccc3c(c2)CCCC3)cc1. The molecule has 1 amide bonds. The second-order valence-electron chi connectivity index (χ2n) is 8.10. The number of carbonyl (C=O) groups is 2. The maximum Gasteiger partial charge on any atom is 0.240 e. The van der Waals surface area contributed by atoms with Crippen molar-refractivity contribution in [3.63, 3.8) is 0 Å². The summed E-state index contributed by atoms with van der Waals surface area (Å²) >= 11 is 0. The summed E-state index contributed by atoms with van der Waals surface area (Å²) in [4.78, 5) is 29.0. The zero-order valence-electron chi connectivity index (χ0n) is 18.4. The van der Waals surface area contributed by atoms with Crippen LogP contribution in [-0.2, 0) is 34.7 Å². The normalized spacial score (nSPS) is 13.4. The zero-order chi connectivity index (χ0) is 23.4. The Bertz CT molecular complexity index is 1280. The van der Waals surface area contributed by atoms with Crippen LogP contribution < -0.4 is 10.0 Å². The van der Waals surface area contributed by atoms with Crippen LogP contribution in [0.2, 0.25) is 0 Å². The van der Waals surface area contributed by atoms with Crippen molar-refractivity contribution in [2.45, 2.75) is 37.0 Å². The minimum Gasteiger partial charge on any atom is -0.331 e. The van der Waals surface area contributed by atoms with Gasteiger partial charge in [-0.05, 0) is 73.2 Å². The molecule has 1 aromatic heterocycles. The van der Waals surface area contributed by atoms with E-state index in [0.29, 0.717) is 17.1 Å². The van der Waals surface area contributed by atoms with Crippen LogP contribution in [0.25, 0.3) is 0 Å². The van der Waals surface area contributed by atoms with E-state index in [9.17, 15) is 18.0 Å². The molecule has 0 saturated heterocycles. The number of aromatic nitrogens is 2. The number of imidazole rings is 1. The number of rotatable bonds is 8. The van der Waals surface area contributed by atoms with Crippen LogP contribution in [0.4, 0.5) is 5.69 Å². The van der Waals surface area contributed by atoms with Crippen molar-refractivity contribution in [3.05, 3.63) is 77.4 Å². The predicted octanol–water partition coefficient (Wildman–Crippen LogP) is 2.84. The molecular weight excluding hydrogens is 440 g/mol. The van der Waals surface area contributed by atoms with Crippen LogP contribution in [0, 0.1) is 0 Å². The molecule has 9 heteroatoms. The van der Waals surface area contributed by atoms with E-state index in [1.54, 1.807) is 60.4 Å². The van der Waals surface area contributed by atoms with Crippen molar-refractivity contribution < 1.29 is 18.0 Å². The predicted molar refractivity (Wildman–Crippen MR) is 125 cm³/mol. The van der Waals surface area contributed by atoms with Gasteiger partial charge in [0.05, 0.1) is 4.90 Å². The number of ketones is 1. The summed E-state index contributed by atoms with van der Waals surface area (Å²) in [5.74, 6) is -0.207. The average Bonchev–Trinajstić information content (AvgIpc) is 3.24. The molecule has 8 nitrogen and oxygen atoms in total. The number of hydrogen-bond donors (Lipinski definition) is 2. The Kier molecular flexibility index (Phi) is 6.71. The molecule has 1 aliphatic carbocycles. The Morgan fingerprint density at radius 3 is 2.45 bits per heavy atom. The molecule has 3 aromatic rings. The number of nitrogens with one attached hydrogen (secondary N) is 2. The van der Waals surface area contributed by atoms with Gasteiger partial charge in [-0.1, -0.05) is 6.07 Å². The van der Waals surface area contributed by atoms with Gasteiger partial charge in [-0.15, -0.1) is 0 Å². The van der Waals surface area contributed by atoms with Gasteiger partial charge in [-0.25, -0.2) is 18.1 Å². The molecule has 4 rings (SSSR count). The second-order valence-corrected chi connectivity index (χ2v) is 9.87. The first-order valence-corrected chi connectivity index (χ1v) is 12.4. The maximum absolute atomic E-state index is 12.6. The number of carbonyl (C=O) groups excluding carboxylic acids is 2. The van der Waals surface area contributed by atoms with Crippen molar-refractivity contribution in [1.29, 1.82) is 0 Å². The van der Waals surface area contributed by atoms with Gasteiger partial charge in [0, 0.05) is 43.7 Å². The summed E-state index contributed by atoms with van der Waals surface area (Å²) < 4.78 is 29.3. The Morgan fingerprint density at radius 2 is 1.76 bits per heavy atom. The lowest BCUT2D eigenvalue weighted by molar-refractivity contribution is -0.116. The third kappa shape index (κ3) is 5.37. The fraction of sp³-hybridized carbons (Fsp3) is 0.292. The molecule has 0 fully saturated rings. The van der Waals surface area contributed by atoms with E-state index < -0.39 is 10.0 Å². The Morgan fingerprint density at radius 1 is 1.03 bits per heavy atom. The number of benzene rings is 2. The van der Waals surface area contributed by atoms with Gasteiger partial charge in [-0.3, -0.25) is 9.59 Å². The minimum absolute atomic E-state index is 0.0129. The third-order valence-electron chi connectivity index (χ3n) is 5.73. The summed E-state index contributed by atoms with van der Waals surface area (Å²) in [5.41, 5.74) is 3.29. The van der Waals surface area contributed by atoms with Crippen LogP contribution in [0.3, 0.4) is 0 Å². The highest BCUT2D eigenvalue weighted by Gasteiger charge is 2.18. The van der Waals surface area contributed by atoms with Gasteiger partial charge in [0.1, 0.15) is 0 Å². The smallest absolute Gasteiger partial charge is 0.240 e. The third-order valence-corrected chi connectivity index (χ3v) is 7.19. The van der Waals surface area contributed by atoms with E-state index in [2.05, 4.69) is 15.0 Å². The average molecular weight is 467 g/mol. The highest BCUT2D eigenvalue weighted by Crippen LogP contribution is 2.24. The van der Waals surface area contributed by atoms with Gasteiger partial charge >= 0.3 is 0 Å². The number of amides is 1. The summed E-state index contributed by atoms with van der Waals surface area (Å²) in [6.07, 6.45) is 7.33. The molecule has 2 aromatic carbocycles. The maximum atomic E-state index is 12.6. The van der Waals surface area contributed by atoms with Crippen LogP contribution in [0.1, 0.15) is 46.6 Å². The van der Waals surface area contributed by atoms with E-state index in [-0.39, 0.29) is 29.6 Å². The second kappa shape index (κ2) is 9.68. The molecule has 0 aliphatic heterocycles. The summed E-state index contributed by atoms with van der Waals surface area (Å²) in [7, 11) is -1.93. The van der Waals surface area contributed by atoms with Crippen LogP contribution in [-0.4, -0.2) is 36.2 Å². The van der Waals surface area contributed by atoms with E-state index >= 15 is 0 Å². The number of fused-ring (bicyclic) bond motifs is 1. The molecule has 0 saturated carbocycles. The number of anilines is 1. The van der Waals surface area contributed by atoms with Gasteiger partial charge in [0.15, 0.2) is 5.82 Å². The van der Waals surface area contributed by atoms with Crippen molar-refractivity contribution >= 4 is 27.4 Å². The lowest BCUT2D eigenvalue weighted by Crippen LogP contribution is -2.28. The number of hydrogen-bond acceptors (Lipinski definition) is 5. The number of sulfonamides is 1. The number of nitrogens with zero attached hydrogens (tertiary/aromatic N) is 2. The summed E-state index contributed by atoms with van der Waals surface area (Å²) in [5, 5.41) is 2.72. The van der Waals surface area contributed by atoms with E-state index in [4.69, 9.17) is 0 Å². The first kappa shape index (κ1) is 22.9. The lowest BCUT2D eigenvalue weighted by Gasteiger charge is -2.16. The quantitative estimate of drug-likeness (QED) is 0.496. The van der Waals surface area contributed by atoms with Crippen molar-refractivity contribution in [3.8, 4) is 0 Å². The molecule has 2 N–H and O–H groups in total. The molecular formula is C24H26N4O4S. The monoisotopic (exact) mass is 466 g/mol. The summed E-state index contributed by atoms with van der Waals surface area (Å²) in [6.45, 7) is -0.0129. The lowest BCUT2D eigenvalue weighted by atomic mass is 9.92. The Labute approximate surface area is 193 Å². The van der Waals surface area contributed by atoms with Gasteiger partial charge in [-0.2, -0.15) is 0 Å². The zero-order valence-corrected chi connectivity index (χ0v) is 19.2. The fourth-order valence-electron chi connectivity index (χ4n) is 3.90. The fourth-order valence-corrected chi connectivity index (χ4v) is 4.98. The molecule has 172 valence electrons.